The number of rotatable bonds is 3. The molecule has 2 nitrogen and oxygen atoms in total. The van der Waals surface area contributed by atoms with Crippen LogP contribution in [0.25, 0.3) is 91.9 Å². The largest absolute Gasteiger partial charge is 0.455 e. The lowest BCUT2D eigenvalue weighted by Crippen LogP contribution is -1.94. The second-order valence-electron chi connectivity index (χ2n) is 11.7. The van der Waals surface area contributed by atoms with Gasteiger partial charge < -0.3 is 8.98 Å². The van der Waals surface area contributed by atoms with Gasteiger partial charge in [0.2, 0.25) is 0 Å². The van der Waals surface area contributed by atoms with E-state index < -0.39 is 0 Å². The summed E-state index contributed by atoms with van der Waals surface area (Å²) >= 11 is 1.87. The molecular weight excluding hydrogens is 567 g/mol. The first-order valence-corrected chi connectivity index (χ1v) is 16.1. The average molecular weight is 592 g/mol. The third-order valence-corrected chi connectivity index (χ3v) is 10.4. The fourth-order valence-corrected chi connectivity index (χ4v) is 8.48. The van der Waals surface area contributed by atoms with Crippen LogP contribution in [0.4, 0.5) is 0 Å². The zero-order valence-electron chi connectivity index (χ0n) is 24.2. The Balaban J connectivity index is 1.25. The normalized spacial score (nSPS) is 12.0. The molecule has 10 rings (SSSR count). The molecular formula is C42H25NOS. The van der Waals surface area contributed by atoms with E-state index in [1.807, 2.05) is 17.4 Å². The molecule has 0 fully saturated rings. The van der Waals surface area contributed by atoms with Gasteiger partial charge >= 0.3 is 0 Å². The summed E-state index contributed by atoms with van der Waals surface area (Å²) in [5.41, 5.74) is 10.3. The lowest BCUT2D eigenvalue weighted by Gasteiger charge is -2.11. The number of hydrogen-bond acceptors (Lipinski definition) is 2. The summed E-state index contributed by atoms with van der Waals surface area (Å²) in [6.07, 6.45) is 0. The van der Waals surface area contributed by atoms with Crippen molar-refractivity contribution in [3.05, 3.63) is 152 Å². The van der Waals surface area contributed by atoms with Crippen molar-refractivity contribution in [2.75, 3.05) is 0 Å². The molecule has 0 saturated carbocycles. The standard InChI is InChI=1S/C42H25NOS/c1-2-11-26(12-3-1)27-23-24-36-34(25-27)28-13-4-6-19-35(28)43(36)37-20-10-22-39-40(37)33-18-9-17-32(42(33)45-39)31-16-8-15-30-29-14-5-7-21-38(29)44-41(30)31/h1-25H. The molecule has 0 saturated heterocycles. The molecule has 0 radical (unpaired) electrons. The van der Waals surface area contributed by atoms with Gasteiger partial charge in [-0.25, -0.2) is 0 Å². The number of nitrogens with zero attached hydrogens (tertiary/aromatic N) is 1. The molecule has 45 heavy (non-hydrogen) atoms. The predicted molar refractivity (Wildman–Crippen MR) is 192 cm³/mol. The summed E-state index contributed by atoms with van der Waals surface area (Å²) < 4.78 is 11.5. The van der Waals surface area contributed by atoms with Crippen molar-refractivity contribution in [2.45, 2.75) is 0 Å². The highest BCUT2D eigenvalue weighted by Gasteiger charge is 2.20. The molecule has 3 heterocycles. The Morgan fingerprint density at radius 2 is 1.18 bits per heavy atom. The molecule has 3 aromatic heterocycles. The molecule has 0 amide bonds. The Morgan fingerprint density at radius 1 is 0.467 bits per heavy atom. The fourth-order valence-electron chi connectivity index (χ4n) is 7.23. The molecule has 0 atom stereocenters. The van der Waals surface area contributed by atoms with Crippen LogP contribution in [-0.4, -0.2) is 4.57 Å². The smallest absolute Gasteiger partial charge is 0.143 e. The first-order valence-electron chi connectivity index (χ1n) is 15.3. The van der Waals surface area contributed by atoms with E-state index in [2.05, 4.69) is 150 Å². The van der Waals surface area contributed by atoms with Crippen molar-refractivity contribution < 1.29 is 4.42 Å². The molecule has 210 valence electrons. The van der Waals surface area contributed by atoms with E-state index in [1.165, 1.54) is 64.4 Å². The highest BCUT2D eigenvalue weighted by atomic mass is 32.1. The van der Waals surface area contributed by atoms with Crippen molar-refractivity contribution in [2.24, 2.45) is 0 Å². The number of fused-ring (bicyclic) bond motifs is 9. The van der Waals surface area contributed by atoms with Crippen LogP contribution in [-0.2, 0) is 0 Å². The maximum Gasteiger partial charge on any atom is 0.143 e. The quantitative estimate of drug-likeness (QED) is 0.200. The fraction of sp³-hybridized carbons (Fsp3) is 0. The molecule has 0 N–H and O–H groups in total. The Hall–Kier alpha value is -5.64. The number of benzene rings is 7. The van der Waals surface area contributed by atoms with Gasteiger partial charge in [0.05, 0.1) is 16.7 Å². The summed E-state index contributed by atoms with van der Waals surface area (Å²) in [6, 6.07) is 54.6. The van der Waals surface area contributed by atoms with Crippen molar-refractivity contribution in [3.8, 4) is 27.9 Å². The predicted octanol–water partition coefficient (Wildman–Crippen LogP) is 12.4. The van der Waals surface area contributed by atoms with Crippen molar-refractivity contribution in [3.63, 3.8) is 0 Å². The molecule has 0 bridgehead atoms. The van der Waals surface area contributed by atoms with Crippen LogP contribution in [0.1, 0.15) is 0 Å². The molecule has 3 heteroatoms. The number of aromatic nitrogens is 1. The minimum atomic E-state index is 0.924. The van der Waals surface area contributed by atoms with E-state index in [0.717, 1.165) is 27.5 Å². The molecule has 0 unspecified atom stereocenters. The zero-order valence-corrected chi connectivity index (χ0v) is 25.0. The number of furan rings is 1. The van der Waals surface area contributed by atoms with Crippen LogP contribution < -0.4 is 0 Å². The molecule has 0 aliphatic heterocycles. The van der Waals surface area contributed by atoms with E-state index in [1.54, 1.807) is 0 Å². The van der Waals surface area contributed by atoms with E-state index in [9.17, 15) is 0 Å². The number of thiophene rings is 1. The van der Waals surface area contributed by atoms with Gasteiger partial charge in [-0.15, -0.1) is 11.3 Å². The van der Waals surface area contributed by atoms with Crippen molar-refractivity contribution in [1.82, 2.24) is 4.57 Å². The molecule has 0 spiro atoms. The van der Waals surface area contributed by atoms with E-state index in [-0.39, 0.29) is 0 Å². The van der Waals surface area contributed by atoms with Crippen LogP contribution in [0.2, 0.25) is 0 Å². The highest BCUT2D eigenvalue weighted by molar-refractivity contribution is 7.26. The summed E-state index contributed by atoms with van der Waals surface area (Å²) in [4.78, 5) is 0. The minimum absolute atomic E-state index is 0.924. The monoisotopic (exact) mass is 591 g/mol. The summed E-state index contributed by atoms with van der Waals surface area (Å²) in [5.74, 6) is 0. The lowest BCUT2D eigenvalue weighted by atomic mass is 10.00. The Bertz CT molecular complexity index is 2760. The third kappa shape index (κ3) is 3.56. The van der Waals surface area contributed by atoms with Gasteiger partial charge in [-0.2, -0.15) is 0 Å². The van der Waals surface area contributed by atoms with Crippen LogP contribution >= 0.6 is 11.3 Å². The molecule has 10 aromatic rings. The average Bonchev–Trinajstić information content (AvgIpc) is 3.78. The molecule has 7 aromatic carbocycles. The number of hydrogen-bond donors (Lipinski definition) is 0. The van der Waals surface area contributed by atoms with Gasteiger partial charge in [-0.3, -0.25) is 0 Å². The van der Waals surface area contributed by atoms with Crippen molar-refractivity contribution in [1.29, 1.82) is 0 Å². The van der Waals surface area contributed by atoms with E-state index in [0.29, 0.717) is 0 Å². The van der Waals surface area contributed by atoms with Crippen LogP contribution in [0, 0.1) is 0 Å². The summed E-state index contributed by atoms with van der Waals surface area (Å²) in [6.45, 7) is 0. The Kier molecular flexibility index (Phi) is 5.19. The van der Waals surface area contributed by atoms with Gasteiger partial charge in [0, 0.05) is 52.8 Å². The van der Waals surface area contributed by atoms with Gasteiger partial charge in [-0.1, -0.05) is 115 Å². The zero-order chi connectivity index (χ0) is 29.5. The highest BCUT2D eigenvalue weighted by Crippen LogP contribution is 2.46. The minimum Gasteiger partial charge on any atom is -0.455 e. The van der Waals surface area contributed by atoms with Crippen LogP contribution in [0.15, 0.2) is 156 Å². The second kappa shape index (κ2) is 9.43. The summed E-state index contributed by atoms with van der Waals surface area (Å²) in [7, 11) is 0. The topological polar surface area (TPSA) is 18.1 Å². The van der Waals surface area contributed by atoms with Gasteiger partial charge in [0.25, 0.3) is 0 Å². The number of para-hydroxylation sites is 3. The van der Waals surface area contributed by atoms with Crippen LogP contribution in [0.3, 0.4) is 0 Å². The van der Waals surface area contributed by atoms with Gasteiger partial charge in [0.15, 0.2) is 0 Å². The molecule has 0 aliphatic rings. The first kappa shape index (κ1) is 24.8. The SMILES string of the molecule is c1ccc(-c2ccc3c(c2)c2ccccc2n3-c2cccc3sc4c(-c5cccc6c5oc5ccccc56)cccc4c23)cc1. The summed E-state index contributed by atoms with van der Waals surface area (Å²) in [5, 5.41) is 7.39. The molecule has 0 aliphatic carbocycles. The maximum atomic E-state index is 6.48. The maximum absolute atomic E-state index is 6.48. The Labute approximate surface area is 263 Å². The lowest BCUT2D eigenvalue weighted by molar-refractivity contribution is 0.670. The van der Waals surface area contributed by atoms with Gasteiger partial charge in [-0.05, 0) is 47.5 Å². The Morgan fingerprint density at radius 3 is 2.09 bits per heavy atom. The van der Waals surface area contributed by atoms with Crippen LogP contribution in [0.5, 0.6) is 0 Å². The first-order chi connectivity index (χ1) is 22.3. The second-order valence-corrected chi connectivity index (χ2v) is 12.7. The third-order valence-electron chi connectivity index (χ3n) is 9.22. The van der Waals surface area contributed by atoms with Crippen molar-refractivity contribution >= 4 is 75.3 Å². The van der Waals surface area contributed by atoms with E-state index >= 15 is 0 Å². The van der Waals surface area contributed by atoms with Gasteiger partial charge in [0.1, 0.15) is 11.2 Å². The van der Waals surface area contributed by atoms with E-state index in [4.69, 9.17) is 4.42 Å².